The summed E-state index contributed by atoms with van der Waals surface area (Å²) in [6.07, 6.45) is 0.0817. The molecule has 64 valence electrons. The van der Waals surface area contributed by atoms with E-state index in [1.165, 1.54) is 0 Å². The molecule has 1 fully saturated rings. The van der Waals surface area contributed by atoms with E-state index in [4.69, 9.17) is 11.0 Å². The van der Waals surface area contributed by atoms with Crippen molar-refractivity contribution in [2.24, 2.45) is 5.73 Å². The third-order valence-electron chi connectivity index (χ3n) is 1.43. The summed E-state index contributed by atoms with van der Waals surface area (Å²) in [6, 6.07) is 1.29. The van der Waals surface area contributed by atoms with Crippen LogP contribution in [0.25, 0.3) is 0 Å². The van der Waals surface area contributed by atoms with E-state index in [1.54, 1.807) is 0 Å². The zero-order valence-electron chi connectivity index (χ0n) is 6.11. The van der Waals surface area contributed by atoms with Gasteiger partial charge in [-0.1, -0.05) is 0 Å². The Morgan fingerprint density at radius 1 is 1.75 bits per heavy atom. The van der Waals surface area contributed by atoms with E-state index in [1.807, 2.05) is 6.07 Å². The van der Waals surface area contributed by atoms with E-state index in [2.05, 4.69) is 5.32 Å². The Balaban J connectivity index is 2.59. The summed E-state index contributed by atoms with van der Waals surface area (Å²) in [5.41, 5.74) is 5.49. The fourth-order valence-corrected chi connectivity index (χ4v) is 1.69. The molecule has 3 N–H and O–H groups in total. The van der Waals surface area contributed by atoms with E-state index in [-0.39, 0.29) is 6.42 Å². The molecule has 1 heterocycles. The van der Waals surface area contributed by atoms with Gasteiger partial charge in [0.15, 0.2) is 0 Å². The first kappa shape index (κ1) is 9.03. The smallest absolute Gasteiger partial charge is 0.286 e. The normalized spacial score (nSPS) is 24.8. The molecular weight excluding hydrogens is 178 g/mol. The second-order valence-corrected chi connectivity index (χ2v) is 3.46. The van der Waals surface area contributed by atoms with Crippen molar-refractivity contribution in [3.05, 3.63) is 0 Å². The number of nitrogens with zero attached hydrogens (tertiary/aromatic N) is 1. The van der Waals surface area contributed by atoms with Crippen LogP contribution in [0, 0.1) is 11.3 Å². The molecule has 2 unspecified atom stereocenters. The van der Waals surface area contributed by atoms with Gasteiger partial charge in [0.25, 0.3) is 5.24 Å². The number of carbonyl (C=O) groups is 2. The summed E-state index contributed by atoms with van der Waals surface area (Å²) in [6.45, 7) is 0. The highest BCUT2D eigenvalue weighted by Gasteiger charge is 2.35. The molecule has 6 heteroatoms. The van der Waals surface area contributed by atoms with E-state index < -0.39 is 22.4 Å². The molecular formula is C6H7N3O2S. The average molecular weight is 185 g/mol. The SMILES string of the molecule is N#CCC(N)C1SC(=O)NC1=O. The lowest BCUT2D eigenvalue weighted by molar-refractivity contribution is -0.119. The molecule has 1 rings (SSSR count). The fraction of sp³-hybridized carbons (Fsp3) is 0.500. The van der Waals surface area contributed by atoms with Gasteiger partial charge in [0, 0.05) is 6.04 Å². The van der Waals surface area contributed by atoms with E-state index in [0.717, 1.165) is 11.8 Å². The van der Waals surface area contributed by atoms with Crippen molar-refractivity contribution in [3.63, 3.8) is 0 Å². The van der Waals surface area contributed by atoms with Gasteiger partial charge in [0.05, 0.1) is 12.5 Å². The van der Waals surface area contributed by atoms with Gasteiger partial charge in [-0.3, -0.25) is 14.9 Å². The summed E-state index contributed by atoms with van der Waals surface area (Å²) in [5.74, 6) is -0.396. The Labute approximate surface area is 73.3 Å². The Hall–Kier alpha value is -1.06. The van der Waals surface area contributed by atoms with Crippen LogP contribution in [-0.4, -0.2) is 22.4 Å². The molecule has 0 saturated carbocycles. The van der Waals surface area contributed by atoms with Crippen LogP contribution in [0.15, 0.2) is 0 Å². The average Bonchev–Trinajstić information content (AvgIpc) is 2.30. The van der Waals surface area contributed by atoms with Crippen LogP contribution in [0.2, 0.25) is 0 Å². The van der Waals surface area contributed by atoms with Gasteiger partial charge >= 0.3 is 0 Å². The number of nitrogens with two attached hydrogens (primary N) is 1. The van der Waals surface area contributed by atoms with Gasteiger partial charge in [-0.15, -0.1) is 0 Å². The van der Waals surface area contributed by atoms with Crippen LogP contribution in [-0.2, 0) is 4.79 Å². The van der Waals surface area contributed by atoms with Crippen molar-refractivity contribution in [1.82, 2.24) is 5.32 Å². The monoisotopic (exact) mass is 185 g/mol. The van der Waals surface area contributed by atoms with Crippen LogP contribution >= 0.6 is 11.8 Å². The summed E-state index contributed by atoms with van der Waals surface area (Å²) in [5, 5.41) is 9.40. The number of nitrogens with one attached hydrogen (secondary N) is 1. The molecule has 5 nitrogen and oxygen atoms in total. The van der Waals surface area contributed by atoms with Crippen molar-refractivity contribution >= 4 is 22.9 Å². The first-order valence-corrected chi connectivity index (χ1v) is 4.17. The maximum atomic E-state index is 11.0. The molecule has 0 bridgehead atoms. The second-order valence-electron chi connectivity index (χ2n) is 2.34. The number of hydrogen-bond donors (Lipinski definition) is 2. The number of carbonyl (C=O) groups excluding carboxylic acids is 2. The molecule has 2 amide bonds. The first-order valence-electron chi connectivity index (χ1n) is 3.29. The van der Waals surface area contributed by atoms with Gasteiger partial charge in [0.2, 0.25) is 5.91 Å². The largest absolute Gasteiger partial charge is 0.325 e. The number of hydrogen-bond acceptors (Lipinski definition) is 5. The zero-order valence-corrected chi connectivity index (χ0v) is 6.93. The van der Waals surface area contributed by atoms with Gasteiger partial charge < -0.3 is 5.73 Å². The second kappa shape index (κ2) is 3.56. The highest BCUT2D eigenvalue weighted by atomic mass is 32.2. The predicted molar refractivity (Wildman–Crippen MR) is 43.1 cm³/mol. The van der Waals surface area contributed by atoms with Crippen molar-refractivity contribution in [1.29, 1.82) is 5.26 Å². The van der Waals surface area contributed by atoms with Crippen LogP contribution in [0.3, 0.4) is 0 Å². The third kappa shape index (κ3) is 1.75. The molecule has 0 aromatic carbocycles. The fourth-order valence-electron chi connectivity index (χ4n) is 0.864. The Morgan fingerprint density at radius 3 is 2.83 bits per heavy atom. The minimum atomic E-state index is -0.600. The predicted octanol–water partition coefficient (Wildman–Crippen LogP) is -0.421. The molecule has 0 spiro atoms. The van der Waals surface area contributed by atoms with Gasteiger partial charge in [-0.05, 0) is 11.8 Å². The van der Waals surface area contributed by atoms with Gasteiger partial charge in [-0.2, -0.15) is 5.26 Å². The minimum absolute atomic E-state index is 0.0817. The molecule has 2 atom stereocenters. The molecule has 0 aromatic rings. The molecule has 1 aliphatic heterocycles. The van der Waals surface area contributed by atoms with Crippen molar-refractivity contribution in [2.45, 2.75) is 17.7 Å². The van der Waals surface area contributed by atoms with Crippen molar-refractivity contribution in [3.8, 4) is 6.07 Å². The highest BCUT2D eigenvalue weighted by molar-refractivity contribution is 8.15. The molecule has 12 heavy (non-hydrogen) atoms. The first-order chi connectivity index (χ1) is 5.65. The Bertz CT molecular complexity index is 260. The highest BCUT2D eigenvalue weighted by Crippen LogP contribution is 2.22. The maximum absolute atomic E-state index is 11.0. The topological polar surface area (TPSA) is 96.0 Å². The van der Waals surface area contributed by atoms with Crippen LogP contribution in [0.4, 0.5) is 4.79 Å². The van der Waals surface area contributed by atoms with Crippen LogP contribution in [0.1, 0.15) is 6.42 Å². The number of imide groups is 1. The number of rotatable bonds is 2. The standard InChI is InChI=1S/C6H7N3O2S/c7-2-1-3(8)4-5(10)9-6(11)12-4/h3-4H,1,8H2,(H,9,10,11). The zero-order chi connectivity index (χ0) is 9.14. The number of nitriles is 1. The Kier molecular flexibility index (Phi) is 2.68. The van der Waals surface area contributed by atoms with Gasteiger partial charge in [0.1, 0.15) is 5.25 Å². The lowest BCUT2D eigenvalue weighted by Crippen LogP contribution is -2.38. The third-order valence-corrected chi connectivity index (χ3v) is 2.57. The van der Waals surface area contributed by atoms with E-state index in [0.29, 0.717) is 0 Å². The number of amides is 2. The lowest BCUT2D eigenvalue weighted by Gasteiger charge is -2.10. The van der Waals surface area contributed by atoms with E-state index >= 15 is 0 Å². The molecule has 1 saturated heterocycles. The minimum Gasteiger partial charge on any atom is -0.325 e. The van der Waals surface area contributed by atoms with E-state index in [9.17, 15) is 9.59 Å². The van der Waals surface area contributed by atoms with Crippen molar-refractivity contribution in [2.75, 3.05) is 0 Å². The maximum Gasteiger partial charge on any atom is 0.286 e. The molecule has 1 aliphatic rings. The molecule has 0 aliphatic carbocycles. The van der Waals surface area contributed by atoms with Crippen molar-refractivity contribution < 1.29 is 9.59 Å². The molecule has 0 radical (unpaired) electrons. The molecule has 0 aromatic heterocycles. The number of thioether (sulfide) groups is 1. The lowest BCUT2D eigenvalue weighted by atomic mass is 10.1. The summed E-state index contributed by atoms with van der Waals surface area (Å²) in [7, 11) is 0. The quantitative estimate of drug-likeness (QED) is 0.609. The van der Waals surface area contributed by atoms with Gasteiger partial charge in [-0.25, -0.2) is 0 Å². The van der Waals surface area contributed by atoms with Crippen LogP contribution in [0.5, 0.6) is 0 Å². The van der Waals surface area contributed by atoms with Crippen LogP contribution < -0.4 is 11.1 Å². The summed E-state index contributed by atoms with van der Waals surface area (Å²) in [4.78, 5) is 21.6. The Morgan fingerprint density at radius 2 is 2.42 bits per heavy atom. The summed E-state index contributed by atoms with van der Waals surface area (Å²) >= 11 is 0.846. The summed E-state index contributed by atoms with van der Waals surface area (Å²) < 4.78 is 0.